The molecule has 0 radical (unpaired) electrons. The van der Waals surface area contributed by atoms with Crippen LogP contribution in [0.1, 0.15) is 48.7 Å². The first-order valence-corrected chi connectivity index (χ1v) is 12.3. The van der Waals surface area contributed by atoms with Crippen LogP contribution in [0.15, 0.2) is 54.7 Å². The molecule has 1 amide bonds. The van der Waals surface area contributed by atoms with Crippen molar-refractivity contribution in [2.45, 2.75) is 45.2 Å². The van der Waals surface area contributed by atoms with Gasteiger partial charge in [0, 0.05) is 36.5 Å². The summed E-state index contributed by atoms with van der Waals surface area (Å²) in [6, 6.07) is 14.8. The number of aromatic amines is 1. The zero-order chi connectivity index (χ0) is 25.3. The fourth-order valence-corrected chi connectivity index (χ4v) is 4.52. The number of hydrogen-bond acceptors (Lipinski definition) is 5. The summed E-state index contributed by atoms with van der Waals surface area (Å²) < 4.78 is 15.1. The van der Waals surface area contributed by atoms with Gasteiger partial charge in [0.1, 0.15) is 5.82 Å². The molecule has 0 bridgehead atoms. The molecule has 1 aliphatic rings. The molecule has 0 aliphatic carbocycles. The van der Waals surface area contributed by atoms with Crippen LogP contribution in [0.25, 0.3) is 22.2 Å². The fourth-order valence-electron chi connectivity index (χ4n) is 4.52. The lowest BCUT2D eigenvalue weighted by Gasteiger charge is -2.19. The van der Waals surface area contributed by atoms with E-state index in [1.54, 1.807) is 12.3 Å². The maximum Gasteiger partial charge on any atom is 0.251 e. The zero-order valence-corrected chi connectivity index (χ0v) is 20.8. The van der Waals surface area contributed by atoms with Crippen molar-refractivity contribution in [1.29, 1.82) is 0 Å². The first-order chi connectivity index (χ1) is 17.3. The van der Waals surface area contributed by atoms with Gasteiger partial charge in [0.2, 0.25) is 0 Å². The number of nitrogens with one attached hydrogen (secondary N) is 4. The van der Waals surface area contributed by atoms with Crippen LogP contribution in [0.4, 0.5) is 10.2 Å². The van der Waals surface area contributed by atoms with Gasteiger partial charge >= 0.3 is 0 Å². The number of aromatic nitrogens is 3. The molecule has 36 heavy (non-hydrogen) atoms. The maximum atomic E-state index is 15.1. The number of benzene rings is 2. The Morgan fingerprint density at radius 2 is 1.94 bits per heavy atom. The highest BCUT2D eigenvalue weighted by Gasteiger charge is 2.20. The minimum absolute atomic E-state index is 0.0151. The SMILES string of the molecule is CC(C)(C)c1ccc(C(=O)NCc2ccc(-c3ccnc4[nH]nc(N[C@H]5CCNC5)c34)cc2F)cc1. The molecule has 7 nitrogen and oxygen atoms in total. The Hall–Kier alpha value is -3.78. The van der Waals surface area contributed by atoms with E-state index in [1.807, 2.05) is 36.4 Å². The van der Waals surface area contributed by atoms with Gasteiger partial charge in [0.15, 0.2) is 11.5 Å². The molecule has 2 aromatic heterocycles. The zero-order valence-electron chi connectivity index (χ0n) is 20.8. The topological polar surface area (TPSA) is 94.7 Å². The summed E-state index contributed by atoms with van der Waals surface area (Å²) in [5, 5.41) is 17.9. The number of carbonyl (C=O) groups is 1. The molecule has 0 spiro atoms. The molecule has 4 N–H and O–H groups in total. The summed E-state index contributed by atoms with van der Waals surface area (Å²) in [6.45, 7) is 8.33. The molecule has 1 fully saturated rings. The second-order valence-corrected chi connectivity index (χ2v) is 10.3. The van der Waals surface area contributed by atoms with Crippen LogP contribution in [0.3, 0.4) is 0 Å². The van der Waals surface area contributed by atoms with Gasteiger partial charge in [-0.1, -0.05) is 45.0 Å². The van der Waals surface area contributed by atoms with Crippen molar-refractivity contribution in [2.24, 2.45) is 0 Å². The Kier molecular flexibility index (Phi) is 6.45. The Balaban J connectivity index is 1.32. The van der Waals surface area contributed by atoms with Crippen molar-refractivity contribution in [3.05, 3.63) is 77.2 Å². The molecule has 186 valence electrons. The Labute approximate surface area is 209 Å². The molecule has 1 atom stereocenters. The van der Waals surface area contributed by atoms with Crippen LogP contribution in [0.5, 0.6) is 0 Å². The number of fused-ring (bicyclic) bond motifs is 1. The van der Waals surface area contributed by atoms with Crippen molar-refractivity contribution in [3.8, 4) is 11.1 Å². The quantitative estimate of drug-likeness (QED) is 0.315. The smallest absolute Gasteiger partial charge is 0.251 e. The number of rotatable bonds is 6. The van der Waals surface area contributed by atoms with E-state index in [2.05, 4.69) is 51.9 Å². The van der Waals surface area contributed by atoms with E-state index in [1.165, 1.54) is 6.07 Å². The van der Waals surface area contributed by atoms with E-state index in [4.69, 9.17) is 0 Å². The number of halogens is 1. The van der Waals surface area contributed by atoms with E-state index < -0.39 is 0 Å². The average molecular weight is 487 g/mol. The summed E-state index contributed by atoms with van der Waals surface area (Å²) in [5.74, 6) is 0.111. The second kappa shape index (κ2) is 9.70. The van der Waals surface area contributed by atoms with Gasteiger partial charge in [0.25, 0.3) is 5.91 Å². The van der Waals surface area contributed by atoms with Gasteiger partial charge in [-0.15, -0.1) is 0 Å². The van der Waals surface area contributed by atoms with Crippen LogP contribution < -0.4 is 16.0 Å². The number of hydrogen-bond donors (Lipinski definition) is 4. The second-order valence-electron chi connectivity index (χ2n) is 10.3. The van der Waals surface area contributed by atoms with Crippen LogP contribution >= 0.6 is 0 Å². The summed E-state index contributed by atoms with van der Waals surface area (Å²) in [4.78, 5) is 17.0. The van der Waals surface area contributed by atoms with E-state index in [0.717, 1.165) is 47.4 Å². The lowest BCUT2D eigenvalue weighted by atomic mass is 9.87. The number of pyridine rings is 1. The summed E-state index contributed by atoms with van der Waals surface area (Å²) >= 11 is 0. The number of H-pyrrole nitrogens is 1. The normalized spacial score (nSPS) is 15.8. The number of anilines is 1. The molecule has 0 unspecified atom stereocenters. The highest BCUT2D eigenvalue weighted by atomic mass is 19.1. The Morgan fingerprint density at radius 3 is 2.64 bits per heavy atom. The highest BCUT2D eigenvalue weighted by Crippen LogP contribution is 2.33. The van der Waals surface area contributed by atoms with E-state index >= 15 is 4.39 Å². The molecular formula is C28H31FN6O. The first-order valence-electron chi connectivity index (χ1n) is 12.3. The number of carbonyl (C=O) groups excluding carboxylic acids is 1. The van der Waals surface area contributed by atoms with Crippen LogP contribution in [-0.4, -0.2) is 40.2 Å². The Morgan fingerprint density at radius 1 is 1.14 bits per heavy atom. The molecule has 5 rings (SSSR count). The van der Waals surface area contributed by atoms with E-state index in [0.29, 0.717) is 16.8 Å². The molecular weight excluding hydrogens is 455 g/mol. The van der Waals surface area contributed by atoms with Crippen molar-refractivity contribution in [2.75, 3.05) is 18.4 Å². The predicted molar refractivity (Wildman–Crippen MR) is 140 cm³/mol. The van der Waals surface area contributed by atoms with Gasteiger partial charge in [-0.2, -0.15) is 5.10 Å². The lowest BCUT2D eigenvalue weighted by Crippen LogP contribution is -2.23. The molecule has 8 heteroatoms. The molecule has 2 aromatic carbocycles. The van der Waals surface area contributed by atoms with Gasteiger partial charge in [-0.25, -0.2) is 9.37 Å². The first kappa shape index (κ1) is 23.9. The average Bonchev–Trinajstić information content (AvgIpc) is 3.53. The molecule has 1 aliphatic heterocycles. The molecule has 3 heterocycles. The summed E-state index contributed by atoms with van der Waals surface area (Å²) in [6.07, 6.45) is 2.70. The number of amides is 1. The van der Waals surface area contributed by atoms with Crippen molar-refractivity contribution < 1.29 is 9.18 Å². The fraction of sp³-hybridized carbons (Fsp3) is 0.321. The Bertz CT molecular complexity index is 1380. The van der Waals surface area contributed by atoms with Crippen molar-refractivity contribution >= 4 is 22.8 Å². The molecule has 0 saturated carbocycles. The molecule has 4 aromatic rings. The van der Waals surface area contributed by atoms with Gasteiger partial charge in [-0.05, 0) is 59.3 Å². The van der Waals surface area contributed by atoms with Gasteiger partial charge < -0.3 is 16.0 Å². The highest BCUT2D eigenvalue weighted by molar-refractivity contribution is 6.00. The third kappa shape index (κ3) is 4.95. The maximum absolute atomic E-state index is 15.1. The van der Waals surface area contributed by atoms with E-state index in [9.17, 15) is 4.79 Å². The van der Waals surface area contributed by atoms with Crippen LogP contribution in [-0.2, 0) is 12.0 Å². The molecule has 1 saturated heterocycles. The predicted octanol–water partition coefficient (Wildman–Crippen LogP) is 4.77. The third-order valence-electron chi connectivity index (χ3n) is 6.68. The number of nitrogens with zero attached hydrogens (tertiary/aromatic N) is 2. The summed E-state index contributed by atoms with van der Waals surface area (Å²) in [5.41, 5.74) is 4.36. The summed E-state index contributed by atoms with van der Waals surface area (Å²) in [7, 11) is 0. The van der Waals surface area contributed by atoms with Crippen molar-refractivity contribution in [1.82, 2.24) is 25.8 Å². The van der Waals surface area contributed by atoms with Gasteiger partial charge in [-0.3, -0.25) is 9.89 Å². The standard InChI is InChI=1S/C28H31FN6O/c1-28(2,3)20-8-6-17(7-9-20)27(36)32-15-19-5-4-18(14-23(19)29)22-11-13-31-25-24(22)26(35-34-25)33-21-10-12-30-16-21/h4-9,11,13-14,21,30H,10,12,15-16H2,1-3H3,(H,32,36)(H2,31,33,34,35)/t21-/m0/s1. The lowest BCUT2D eigenvalue weighted by molar-refractivity contribution is 0.0950. The largest absolute Gasteiger partial charge is 0.364 e. The van der Waals surface area contributed by atoms with Crippen LogP contribution in [0.2, 0.25) is 0 Å². The van der Waals surface area contributed by atoms with E-state index in [-0.39, 0.29) is 29.7 Å². The third-order valence-corrected chi connectivity index (χ3v) is 6.68. The minimum Gasteiger partial charge on any atom is -0.364 e. The monoisotopic (exact) mass is 486 g/mol. The van der Waals surface area contributed by atoms with Crippen molar-refractivity contribution in [3.63, 3.8) is 0 Å². The van der Waals surface area contributed by atoms with Gasteiger partial charge in [0.05, 0.1) is 5.39 Å². The van der Waals surface area contributed by atoms with Crippen LogP contribution in [0, 0.1) is 5.82 Å². The minimum atomic E-state index is -0.376.